The molecule has 1 aromatic rings. The highest BCUT2D eigenvalue weighted by Gasteiger charge is 2.12. The molecule has 0 saturated carbocycles. The van der Waals surface area contributed by atoms with E-state index in [1.54, 1.807) is 6.08 Å². The van der Waals surface area contributed by atoms with Crippen molar-refractivity contribution in [2.24, 2.45) is 0 Å². The fourth-order valence-corrected chi connectivity index (χ4v) is 2.49. The standard InChI is InChI=1S/C18H28N2O2.ClH/c1-3-15-21-17-6-8-18(9-7-17)22-16-5-4-10-20-13-11-19(2)12-14-20;/h3,6-9H,1,4-5,10-16H2,2H3;1H. The minimum atomic E-state index is 0. The summed E-state index contributed by atoms with van der Waals surface area (Å²) in [5.41, 5.74) is 0. The number of ether oxygens (including phenoxy) is 2. The Bertz CT molecular complexity index is 431. The quantitative estimate of drug-likeness (QED) is 0.509. The molecule has 0 N–H and O–H groups in total. The fraction of sp³-hybridized carbons (Fsp3) is 0.556. The Labute approximate surface area is 146 Å². The summed E-state index contributed by atoms with van der Waals surface area (Å²) in [6.07, 6.45) is 4.04. The van der Waals surface area contributed by atoms with Gasteiger partial charge in [0.05, 0.1) is 6.61 Å². The van der Waals surface area contributed by atoms with Crippen LogP contribution in [0.5, 0.6) is 11.5 Å². The molecule has 1 saturated heterocycles. The van der Waals surface area contributed by atoms with Gasteiger partial charge in [-0.15, -0.1) is 12.4 Å². The molecule has 1 aliphatic heterocycles. The molecule has 0 atom stereocenters. The van der Waals surface area contributed by atoms with Gasteiger partial charge < -0.3 is 19.3 Å². The number of hydrogen-bond donors (Lipinski definition) is 0. The maximum atomic E-state index is 5.77. The lowest BCUT2D eigenvalue weighted by molar-refractivity contribution is 0.150. The summed E-state index contributed by atoms with van der Waals surface area (Å²) in [6, 6.07) is 7.78. The second-order valence-corrected chi connectivity index (χ2v) is 5.77. The smallest absolute Gasteiger partial charge is 0.120 e. The number of likely N-dealkylation sites (N-methyl/N-ethyl adjacent to an activating group) is 1. The normalized spacial score (nSPS) is 15.7. The van der Waals surface area contributed by atoms with Gasteiger partial charge in [-0.05, 0) is 50.7 Å². The van der Waals surface area contributed by atoms with Crippen LogP contribution in [0.3, 0.4) is 0 Å². The van der Waals surface area contributed by atoms with Gasteiger partial charge >= 0.3 is 0 Å². The van der Waals surface area contributed by atoms with Gasteiger partial charge in [0.25, 0.3) is 0 Å². The molecule has 2 rings (SSSR count). The second-order valence-electron chi connectivity index (χ2n) is 5.77. The Balaban J connectivity index is 0.00000264. The number of benzene rings is 1. The van der Waals surface area contributed by atoms with E-state index in [2.05, 4.69) is 23.4 Å². The predicted octanol–water partition coefficient (Wildman–Crippen LogP) is 3.08. The monoisotopic (exact) mass is 340 g/mol. The van der Waals surface area contributed by atoms with Gasteiger partial charge in [0, 0.05) is 26.2 Å². The van der Waals surface area contributed by atoms with Crippen LogP contribution in [0.15, 0.2) is 36.9 Å². The lowest BCUT2D eigenvalue weighted by Crippen LogP contribution is -2.44. The van der Waals surface area contributed by atoms with Crippen molar-refractivity contribution in [3.63, 3.8) is 0 Å². The average molecular weight is 341 g/mol. The lowest BCUT2D eigenvalue weighted by Gasteiger charge is -2.32. The highest BCUT2D eigenvalue weighted by Crippen LogP contribution is 2.17. The SMILES string of the molecule is C=CCOc1ccc(OCCCCN2CCN(C)CC2)cc1.Cl. The van der Waals surface area contributed by atoms with Gasteiger partial charge in [0.2, 0.25) is 0 Å². The van der Waals surface area contributed by atoms with E-state index in [-0.39, 0.29) is 12.4 Å². The van der Waals surface area contributed by atoms with Gasteiger partial charge in [0.15, 0.2) is 0 Å². The summed E-state index contributed by atoms with van der Waals surface area (Å²) in [5.74, 6) is 1.76. The molecule has 1 heterocycles. The molecule has 0 aromatic heterocycles. The van der Waals surface area contributed by atoms with E-state index < -0.39 is 0 Å². The third kappa shape index (κ3) is 7.73. The van der Waals surface area contributed by atoms with Crippen molar-refractivity contribution >= 4 is 12.4 Å². The van der Waals surface area contributed by atoms with Crippen LogP contribution in [0, 0.1) is 0 Å². The molecule has 1 aliphatic rings. The van der Waals surface area contributed by atoms with Crippen LogP contribution in [0.4, 0.5) is 0 Å². The number of rotatable bonds is 9. The number of hydrogen-bond acceptors (Lipinski definition) is 4. The topological polar surface area (TPSA) is 24.9 Å². The summed E-state index contributed by atoms with van der Waals surface area (Å²) in [5, 5.41) is 0. The third-order valence-corrected chi connectivity index (χ3v) is 3.92. The van der Waals surface area contributed by atoms with Crippen LogP contribution in [0.1, 0.15) is 12.8 Å². The average Bonchev–Trinajstić information content (AvgIpc) is 2.55. The largest absolute Gasteiger partial charge is 0.494 e. The van der Waals surface area contributed by atoms with E-state index in [0.29, 0.717) is 6.61 Å². The van der Waals surface area contributed by atoms with Crippen LogP contribution >= 0.6 is 12.4 Å². The maximum Gasteiger partial charge on any atom is 0.120 e. The van der Waals surface area contributed by atoms with E-state index >= 15 is 0 Å². The first kappa shape index (κ1) is 19.8. The van der Waals surface area contributed by atoms with Crippen LogP contribution in [0.25, 0.3) is 0 Å². The van der Waals surface area contributed by atoms with Crippen LogP contribution in [0.2, 0.25) is 0 Å². The molecule has 0 amide bonds. The molecule has 0 spiro atoms. The number of piperazine rings is 1. The van der Waals surface area contributed by atoms with Crippen molar-refractivity contribution in [1.82, 2.24) is 9.80 Å². The van der Waals surface area contributed by atoms with E-state index in [1.165, 1.54) is 39.1 Å². The molecule has 4 nitrogen and oxygen atoms in total. The molecule has 0 radical (unpaired) electrons. The summed E-state index contributed by atoms with van der Waals surface area (Å²) in [7, 11) is 2.19. The first-order valence-corrected chi connectivity index (χ1v) is 8.15. The van der Waals surface area contributed by atoms with Gasteiger partial charge in [-0.1, -0.05) is 12.7 Å². The predicted molar refractivity (Wildman–Crippen MR) is 98.0 cm³/mol. The van der Waals surface area contributed by atoms with Crippen LogP contribution in [-0.2, 0) is 0 Å². The lowest BCUT2D eigenvalue weighted by atomic mass is 10.2. The van der Waals surface area contributed by atoms with E-state index in [4.69, 9.17) is 9.47 Å². The number of halogens is 1. The molecule has 1 fully saturated rings. The maximum absolute atomic E-state index is 5.77. The van der Waals surface area contributed by atoms with Crippen molar-refractivity contribution in [3.05, 3.63) is 36.9 Å². The molecule has 23 heavy (non-hydrogen) atoms. The van der Waals surface area contributed by atoms with E-state index in [1.807, 2.05) is 24.3 Å². The molecule has 0 bridgehead atoms. The van der Waals surface area contributed by atoms with Gasteiger partial charge in [-0.3, -0.25) is 0 Å². The Morgan fingerprint density at radius 1 is 1.00 bits per heavy atom. The first-order chi connectivity index (χ1) is 10.8. The zero-order valence-corrected chi connectivity index (χ0v) is 14.9. The highest BCUT2D eigenvalue weighted by atomic mass is 35.5. The molecular weight excluding hydrogens is 312 g/mol. The Morgan fingerprint density at radius 3 is 2.22 bits per heavy atom. The Hall–Kier alpha value is -1.23. The summed E-state index contributed by atoms with van der Waals surface area (Å²) in [4.78, 5) is 4.94. The highest BCUT2D eigenvalue weighted by molar-refractivity contribution is 5.85. The van der Waals surface area contributed by atoms with Crippen LogP contribution in [-0.4, -0.2) is 62.8 Å². The molecule has 0 unspecified atom stereocenters. The Kier molecular flexibility index (Phi) is 9.76. The van der Waals surface area contributed by atoms with E-state index in [9.17, 15) is 0 Å². The number of unbranched alkanes of at least 4 members (excludes halogenated alkanes) is 1. The van der Waals surface area contributed by atoms with Crippen LogP contribution < -0.4 is 9.47 Å². The van der Waals surface area contributed by atoms with Gasteiger partial charge in [-0.2, -0.15) is 0 Å². The van der Waals surface area contributed by atoms with Crippen molar-refractivity contribution in [2.45, 2.75) is 12.8 Å². The van der Waals surface area contributed by atoms with Gasteiger partial charge in [0.1, 0.15) is 18.1 Å². The van der Waals surface area contributed by atoms with Crippen molar-refractivity contribution in [3.8, 4) is 11.5 Å². The summed E-state index contributed by atoms with van der Waals surface area (Å²) < 4.78 is 11.2. The summed E-state index contributed by atoms with van der Waals surface area (Å²) in [6.45, 7) is 10.9. The molecule has 0 aliphatic carbocycles. The third-order valence-electron chi connectivity index (χ3n) is 3.92. The molecular formula is C18H29ClN2O2. The minimum Gasteiger partial charge on any atom is -0.494 e. The minimum absolute atomic E-state index is 0. The van der Waals surface area contributed by atoms with Crippen molar-refractivity contribution in [2.75, 3.05) is 53.0 Å². The summed E-state index contributed by atoms with van der Waals surface area (Å²) >= 11 is 0. The zero-order chi connectivity index (χ0) is 15.6. The first-order valence-electron chi connectivity index (χ1n) is 8.15. The van der Waals surface area contributed by atoms with E-state index in [0.717, 1.165) is 24.5 Å². The van der Waals surface area contributed by atoms with Gasteiger partial charge in [-0.25, -0.2) is 0 Å². The number of nitrogens with zero attached hydrogens (tertiary/aromatic N) is 2. The van der Waals surface area contributed by atoms with Crippen molar-refractivity contribution < 1.29 is 9.47 Å². The Morgan fingerprint density at radius 2 is 1.61 bits per heavy atom. The van der Waals surface area contributed by atoms with Crippen molar-refractivity contribution in [1.29, 1.82) is 0 Å². The second kappa shape index (κ2) is 11.3. The molecule has 1 aromatic carbocycles. The zero-order valence-electron chi connectivity index (χ0n) is 14.1. The molecule has 130 valence electrons. The fourth-order valence-electron chi connectivity index (χ4n) is 2.49. The molecule has 5 heteroatoms.